The van der Waals surface area contributed by atoms with Crippen molar-refractivity contribution in [3.8, 4) is 5.75 Å². The summed E-state index contributed by atoms with van der Waals surface area (Å²) in [4.78, 5) is 39.5. The van der Waals surface area contributed by atoms with Gasteiger partial charge in [-0.3, -0.25) is 24.0 Å². The summed E-state index contributed by atoms with van der Waals surface area (Å²) in [6, 6.07) is 20.7. The van der Waals surface area contributed by atoms with Crippen LogP contribution in [0.1, 0.15) is 16.7 Å². The van der Waals surface area contributed by atoms with E-state index in [2.05, 4.69) is 5.32 Å². The highest BCUT2D eigenvalue weighted by Crippen LogP contribution is 2.36. The van der Waals surface area contributed by atoms with Gasteiger partial charge in [-0.2, -0.15) is 0 Å². The van der Waals surface area contributed by atoms with Gasteiger partial charge in [0, 0.05) is 36.7 Å². The van der Waals surface area contributed by atoms with Gasteiger partial charge in [-0.25, -0.2) is 12.8 Å². The quantitative estimate of drug-likeness (QED) is 0.149. The first-order chi connectivity index (χ1) is 22.3. The minimum absolute atomic E-state index is 0.0459. The zero-order valence-corrected chi connectivity index (χ0v) is 27.3. The van der Waals surface area contributed by atoms with E-state index < -0.39 is 55.7 Å². The molecule has 0 heterocycles. The van der Waals surface area contributed by atoms with Crippen LogP contribution in [0.2, 0.25) is 5.02 Å². The van der Waals surface area contributed by atoms with Gasteiger partial charge >= 0.3 is 0 Å². The summed E-state index contributed by atoms with van der Waals surface area (Å²) >= 11 is 6.28. The number of benzene rings is 4. The number of aryl methyl sites for hydroxylation is 1. The molecule has 0 aliphatic heterocycles. The maximum absolute atomic E-state index is 14.4. The molecule has 1 unspecified atom stereocenters. The van der Waals surface area contributed by atoms with Crippen molar-refractivity contribution in [3.63, 3.8) is 0 Å². The third-order valence-electron chi connectivity index (χ3n) is 7.44. The van der Waals surface area contributed by atoms with E-state index in [-0.39, 0.29) is 35.0 Å². The number of halogens is 2. The Balaban J connectivity index is 1.87. The Kier molecular flexibility index (Phi) is 11.2. The molecule has 11 nitrogen and oxygen atoms in total. The van der Waals surface area contributed by atoms with Crippen molar-refractivity contribution in [2.45, 2.75) is 30.8 Å². The van der Waals surface area contributed by atoms with Crippen molar-refractivity contribution < 1.29 is 32.1 Å². The monoisotopic (exact) mass is 682 g/mol. The number of anilines is 1. The summed E-state index contributed by atoms with van der Waals surface area (Å²) in [6.45, 7) is 0.430. The number of methoxy groups -OCH3 is 1. The summed E-state index contributed by atoms with van der Waals surface area (Å²) in [6.07, 6.45) is 0.0742. The lowest BCUT2D eigenvalue weighted by molar-refractivity contribution is -0.385. The molecule has 47 heavy (non-hydrogen) atoms. The van der Waals surface area contributed by atoms with E-state index in [1.165, 1.54) is 80.6 Å². The molecule has 1 N–H and O–H groups in total. The summed E-state index contributed by atoms with van der Waals surface area (Å²) in [5.41, 5.74) is 0.891. The van der Waals surface area contributed by atoms with Crippen LogP contribution in [0.25, 0.3) is 0 Å². The van der Waals surface area contributed by atoms with Crippen LogP contribution in [0.15, 0.2) is 95.9 Å². The molecule has 0 radical (unpaired) electrons. The fourth-order valence-electron chi connectivity index (χ4n) is 4.95. The Morgan fingerprint density at radius 1 is 1.00 bits per heavy atom. The van der Waals surface area contributed by atoms with Gasteiger partial charge in [0.15, 0.2) is 0 Å². The van der Waals surface area contributed by atoms with Crippen LogP contribution in [0.3, 0.4) is 0 Å². The number of nitro groups is 1. The summed E-state index contributed by atoms with van der Waals surface area (Å²) in [7, 11) is -1.98. The Labute approximate surface area is 276 Å². The van der Waals surface area contributed by atoms with Crippen molar-refractivity contribution in [2.75, 3.05) is 25.0 Å². The first kappa shape index (κ1) is 34.9. The van der Waals surface area contributed by atoms with Gasteiger partial charge in [-0.05, 0) is 54.4 Å². The number of carbonyl (C=O) groups is 2. The molecule has 4 aromatic rings. The highest BCUT2D eigenvalue weighted by molar-refractivity contribution is 7.92. The lowest BCUT2D eigenvalue weighted by Gasteiger charge is -2.34. The first-order valence-electron chi connectivity index (χ1n) is 14.3. The predicted octanol–water partition coefficient (Wildman–Crippen LogP) is 5.29. The van der Waals surface area contributed by atoms with E-state index in [1.807, 2.05) is 0 Å². The second-order valence-electron chi connectivity index (χ2n) is 10.5. The number of sulfonamides is 1. The number of nitro benzene ring substituents is 1. The van der Waals surface area contributed by atoms with Crippen LogP contribution in [0.5, 0.6) is 5.75 Å². The van der Waals surface area contributed by atoms with E-state index in [0.29, 0.717) is 5.56 Å². The van der Waals surface area contributed by atoms with Crippen molar-refractivity contribution in [1.29, 1.82) is 0 Å². The van der Waals surface area contributed by atoms with E-state index in [1.54, 1.807) is 30.3 Å². The van der Waals surface area contributed by atoms with Crippen LogP contribution in [-0.2, 0) is 32.6 Å². The molecule has 0 fully saturated rings. The van der Waals surface area contributed by atoms with Crippen molar-refractivity contribution >= 4 is 44.8 Å². The molecule has 2 amide bonds. The van der Waals surface area contributed by atoms with E-state index in [0.717, 1.165) is 15.9 Å². The number of likely N-dealkylation sites (N-methyl/N-ethyl adjacent to an activating group) is 1. The van der Waals surface area contributed by atoms with Gasteiger partial charge in [0.1, 0.15) is 24.2 Å². The highest BCUT2D eigenvalue weighted by Gasteiger charge is 2.36. The standard InChI is InChI=1S/C33H32ClFN4O7S/c1-22-9-15-27(19-28(22)39(42)43)47(44,45)38(29-18-25(34)12-16-31(29)46-3)21-32(40)37(20-24-10-13-26(35)14-11-24)30(33(41)36-2)17-23-7-5-4-6-8-23/h4-16,18-19,30H,17,20-21H2,1-3H3,(H,36,41). The number of amides is 2. The molecule has 0 spiro atoms. The molecular formula is C33H32ClFN4O7S. The molecule has 0 aliphatic carbocycles. The Morgan fingerprint density at radius 3 is 2.30 bits per heavy atom. The lowest BCUT2D eigenvalue weighted by Crippen LogP contribution is -2.53. The van der Waals surface area contributed by atoms with Gasteiger partial charge in [0.05, 0.1) is 22.6 Å². The number of ether oxygens (including phenoxy) is 1. The fraction of sp³-hybridized carbons (Fsp3) is 0.212. The maximum atomic E-state index is 14.4. The highest BCUT2D eigenvalue weighted by atomic mass is 35.5. The summed E-state index contributed by atoms with van der Waals surface area (Å²) in [5.74, 6) is -1.78. The third kappa shape index (κ3) is 8.23. The molecule has 0 bridgehead atoms. The zero-order valence-electron chi connectivity index (χ0n) is 25.7. The molecule has 4 rings (SSSR count). The van der Waals surface area contributed by atoms with Gasteiger partial charge < -0.3 is 15.0 Å². The normalized spacial score (nSPS) is 11.8. The number of nitrogens with zero attached hydrogens (tertiary/aromatic N) is 3. The molecule has 0 aliphatic rings. The number of hydrogen-bond donors (Lipinski definition) is 1. The Hall–Kier alpha value is -5.01. The molecule has 4 aromatic carbocycles. The summed E-state index contributed by atoms with van der Waals surface area (Å²) < 4.78 is 48.6. The van der Waals surface area contributed by atoms with Crippen LogP contribution >= 0.6 is 11.6 Å². The van der Waals surface area contributed by atoms with Gasteiger partial charge in [-0.1, -0.05) is 60.1 Å². The predicted molar refractivity (Wildman–Crippen MR) is 175 cm³/mol. The summed E-state index contributed by atoms with van der Waals surface area (Å²) in [5, 5.41) is 14.4. The van der Waals surface area contributed by atoms with Gasteiger partial charge in [0.2, 0.25) is 11.8 Å². The average molecular weight is 683 g/mol. The number of nitrogens with one attached hydrogen (secondary N) is 1. The van der Waals surface area contributed by atoms with Gasteiger partial charge in [0.25, 0.3) is 15.7 Å². The van der Waals surface area contributed by atoms with Crippen molar-refractivity contribution in [2.24, 2.45) is 0 Å². The zero-order chi connectivity index (χ0) is 34.3. The number of rotatable bonds is 13. The van der Waals surface area contributed by atoms with Crippen LogP contribution in [0.4, 0.5) is 15.8 Å². The number of hydrogen-bond acceptors (Lipinski definition) is 7. The SMILES string of the molecule is CNC(=O)C(Cc1ccccc1)N(Cc1ccc(F)cc1)C(=O)CN(c1cc(Cl)ccc1OC)S(=O)(=O)c1ccc(C)c([N+](=O)[O-])c1. The second kappa shape index (κ2) is 15.1. The smallest absolute Gasteiger partial charge is 0.273 e. The first-order valence-corrected chi connectivity index (χ1v) is 16.1. The minimum Gasteiger partial charge on any atom is -0.495 e. The van der Waals surface area contributed by atoms with Crippen LogP contribution in [-0.4, -0.2) is 56.8 Å². The minimum atomic E-state index is -4.70. The topological polar surface area (TPSA) is 139 Å². The van der Waals surface area contributed by atoms with Crippen LogP contribution < -0.4 is 14.4 Å². The second-order valence-corrected chi connectivity index (χ2v) is 12.8. The molecule has 14 heteroatoms. The molecule has 0 saturated carbocycles. The van der Waals surface area contributed by atoms with E-state index in [9.17, 15) is 32.5 Å². The van der Waals surface area contributed by atoms with Gasteiger partial charge in [-0.15, -0.1) is 0 Å². The fourth-order valence-corrected chi connectivity index (χ4v) is 6.56. The molecular weight excluding hydrogens is 651 g/mol. The van der Waals surface area contributed by atoms with Crippen molar-refractivity contribution in [1.82, 2.24) is 10.2 Å². The molecule has 1 atom stereocenters. The van der Waals surface area contributed by atoms with Crippen LogP contribution in [0, 0.1) is 22.9 Å². The Bertz CT molecular complexity index is 1880. The Morgan fingerprint density at radius 2 is 1.68 bits per heavy atom. The molecule has 0 aromatic heterocycles. The van der Waals surface area contributed by atoms with Crippen molar-refractivity contribution in [3.05, 3.63) is 129 Å². The molecule has 246 valence electrons. The molecule has 0 saturated heterocycles. The lowest BCUT2D eigenvalue weighted by atomic mass is 10.0. The third-order valence-corrected chi connectivity index (χ3v) is 9.43. The largest absolute Gasteiger partial charge is 0.495 e. The maximum Gasteiger partial charge on any atom is 0.273 e. The van der Waals surface area contributed by atoms with E-state index >= 15 is 0 Å². The van der Waals surface area contributed by atoms with E-state index in [4.69, 9.17) is 16.3 Å². The number of carbonyl (C=O) groups excluding carboxylic acids is 2. The average Bonchev–Trinajstić information content (AvgIpc) is 3.05.